The molecule has 0 saturated heterocycles. The van der Waals surface area contributed by atoms with E-state index in [-0.39, 0.29) is 5.97 Å². The van der Waals surface area contributed by atoms with Crippen molar-refractivity contribution in [2.75, 3.05) is 6.61 Å². The Morgan fingerprint density at radius 1 is 0.875 bits per heavy atom. The molecule has 0 atom stereocenters. The van der Waals surface area contributed by atoms with E-state index in [1.165, 1.54) is 51.4 Å². The molecule has 1 aliphatic rings. The maximum absolute atomic E-state index is 12.4. The van der Waals surface area contributed by atoms with Crippen LogP contribution in [0.2, 0.25) is 0 Å². The lowest BCUT2D eigenvalue weighted by Crippen LogP contribution is -2.15. The van der Waals surface area contributed by atoms with Crippen LogP contribution in [-0.4, -0.2) is 17.6 Å². The summed E-state index contributed by atoms with van der Waals surface area (Å²) in [7, 11) is 0. The normalized spacial score (nSPS) is 18.3. The summed E-state index contributed by atoms with van der Waals surface area (Å²) in [6.07, 6.45) is 15.6. The lowest BCUT2D eigenvalue weighted by Gasteiger charge is -2.28. The third-order valence-electron chi connectivity index (χ3n) is 6.61. The van der Waals surface area contributed by atoms with Gasteiger partial charge in [0.25, 0.3) is 0 Å². The van der Waals surface area contributed by atoms with Crippen molar-refractivity contribution >= 4 is 5.97 Å². The Morgan fingerprint density at radius 3 is 2.16 bits per heavy atom. The molecular weight excluding hydrogens is 398 g/mol. The van der Waals surface area contributed by atoms with Gasteiger partial charge in [-0.05, 0) is 67.5 Å². The van der Waals surface area contributed by atoms with Gasteiger partial charge < -0.3 is 9.47 Å². The van der Waals surface area contributed by atoms with Crippen molar-refractivity contribution < 1.29 is 14.3 Å². The number of hydrogen-bond donors (Lipinski definition) is 0. The zero-order valence-corrected chi connectivity index (χ0v) is 19.9. The van der Waals surface area contributed by atoms with Crippen molar-refractivity contribution in [2.24, 2.45) is 11.8 Å². The fourth-order valence-corrected chi connectivity index (χ4v) is 4.46. The second kappa shape index (κ2) is 13.2. The smallest absolute Gasteiger partial charge is 0.343 e. The van der Waals surface area contributed by atoms with Gasteiger partial charge >= 0.3 is 5.97 Å². The number of hydrogen-bond acceptors (Lipinski definition) is 4. The number of carbonyl (C=O) groups is 1. The Bertz CT molecular complexity index is 792. The minimum atomic E-state index is -0.375. The van der Waals surface area contributed by atoms with Crippen molar-refractivity contribution in [3.05, 3.63) is 53.9 Å². The highest BCUT2D eigenvalue weighted by atomic mass is 16.5. The van der Waals surface area contributed by atoms with Gasteiger partial charge in [-0.25, -0.2) is 4.79 Å². The lowest BCUT2D eigenvalue weighted by molar-refractivity contribution is 0.0734. The van der Waals surface area contributed by atoms with Gasteiger partial charge in [0, 0.05) is 5.69 Å². The summed E-state index contributed by atoms with van der Waals surface area (Å²) >= 11 is 0. The predicted molar refractivity (Wildman–Crippen MR) is 129 cm³/mol. The number of pyridine rings is 1. The molecule has 4 heteroatoms. The maximum Gasteiger partial charge on any atom is 0.343 e. The molecule has 1 fully saturated rings. The molecule has 1 saturated carbocycles. The molecule has 0 unspecified atom stereocenters. The van der Waals surface area contributed by atoms with E-state index < -0.39 is 0 Å². The minimum Gasteiger partial charge on any atom is -0.494 e. The largest absolute Gasteiger partial charge is 0.494 e. The number of unbranched alkanes of at least 4 members (excludes halogenated alkanes) is 2. The molecule has 0 N–H and O–H groups in total. The van der Waals surface area contributed by atoms with Crippen molar-refractivity contribution in [2.45, 2.75) is 84.5 Å². The zero-order chi connectivity index (χ0) is 22.6. The van der Waals surface area contributed by atoms with Crippen molar-refractivity contribution in [3.63, 3.8) is 0 Å². The third kappa shape index (κ3) is 7.96. The van der Waals surface area contributed by atoms with E-state index in [2.05, 4.69) is 18.8 Å². The second-order valence-corrected chi connectivity index (χ2v) is 9.17. The highest BCUT2D eigenvalue weighted by molar-refractivity contribution is 5.91. The Morgan fingerprint density at radius 2 is 1.53 bits per heavy atom. The first-order valence-electron chi connectivity index (χ1n) is 12.6. The first-order valence-corrected chi connectivity index (χ1v) is 12.6. The highest BCUT2D eigenvalue weighted by Crippen LogP contribution is 2.34. The van der Waals surface area contributed by atoms with Crippen LogP contribution in [0, 0.1) is 11.8 Å². The molecular formula is C28H39NO3. The van der Waals surface area contributed by atoms with Gasteiger partial charge in [-0.3, -0.25) is 4.98 Å². The molecule has 0 amide bonds. The van der Waals surface area contributed by atoms with E-state index in [0.29, 0.717) is 17.9 Å². The van der Waals surface area contributed by atoms with Crippen LogP contribution in [0.3, 0.4) is 0 Å². The van der Waals surface area contributed by atoms with Crippen LogP contribution >= 0.6 is 0 Å². The Balaban J connectivity index is 1.40. The molecule has 0 bridgehead atoms. The minimum absolute atomic E-state index is 0.375. The number of aromatic nitrogens is 1. The summed E-state index contributed by atoms with van der Waals surface area (Å²) in [5, 5.41) is 0. The summed E-state index contributed by atoms with van der Waals surface area (Å²) < 4.78 is 11.1. The first kappa shape index (κ1) is 24.3. The molecule has 0 radical (unpaired) electrons. The molecule has 0 spiro atoms. The Hall–Kier alpha value is -2.36. The number of aryl methyl sites for hydroxylation is 1. The highest BCUT2D eigenvalue weighted by Gasteiger charge is 2.20. The van der Waals surface area contributed by atoms with Gasteiger partial charge in [0.2, 0.25) is 0 Å². The summed E-state index contributed by atoms with van der Waals surface area (Å²) in [5.41, 5.74) is 1.58. The number of esters is 1. The lowest BCUT2D eigenvalue weighted by atomic mass is 9.78. The van der Waals surface area contributed by atoms with Gasteiger partial charge in [0.05, 0.1) is 18.4 Å². The second-order valence-electron chi connectivity index (χ2n) is 9.17. The van der Waals surface area contributed by atoms with Crippen molar-refractivity contribution in [1.82, 2.24) is 4.98 Å². The number of nitrogens with zero attached hydrogens (tertiary/aromatic N) is 1. The van der Waals surface area contributed by atoms with Gasteiger partial charge in [0.1, 0.15) is 11.5 Å². The van der Waals surface area contributed by atoms with E-state index >= 15 is 0 Å². The number of ether oxygens (including phenoxy) is 2. The molecule has 0 aliphatic heterocycles. The van der Waals surface area contributed by atoms with E-state index in [9.17, 15) is 4.79 Å². The molecule has 3 rings (SSSR count). The fraction of sp³-hybridized carbons (Fsp3) is 0.571. The molecule has 1 aromatic heterocycles. The SMILES string of the molecule is CCCCOc1ccc(C(=O)Oc2ccc(CCC3CCC(CCCC)CC3)nc2)cc1. The monoisotopic (exact) mass is 437 g/mol. The van der Waals surface area contributed by atoms with Gasteiger partial charge in [-0.15, -0.1) is 0 Å². The molecule has 174 valence electrons. The van der Waals surface area contributed by atoms with E-state index in [1.54, 1.807) is 18.3 Å². The molecule has 1 aromatic carbocycles. The fourth-order valence-electron chi connectivity index (χ4n) is 4.46. The van der Waals surface area contributed by atoms with Crippen LogP contribution in [0.1, 0.15) is 94.1 Å². The molecule has 1 aliphatic carbocycles. The quantitative estimate of drug-likeness (QED) is 0.256. The first-order chi connectivity index (χ1) is 15.7. The zero-order valence-electron chi connectivity index (χ0n) is 19.9. The van der Waals surface area contributed by atoms with Gasteiger partial charge in [0.15, 0.2) is 0 Å². The van der Waals surface area contributed by atoms with Crippen molar-refractivity contribution in [1.29, 1.82) is 0 Å². The third-order valence-corrected chi connectivity index (χ3v) is 6.61. The predicted octanol–water partition coefficient (Wildman–Crippen LogP) is 7.41. The van der Waals surface area contributed by atoms with Gasteiger partial charge in [-0.1, -0.05) is 65.2 Å². The Kier molecular flexibility index (Phi) is 10.1. The van der Waals surface area contributed by atoms with Crippen LogP contribution in [0.15, 0.2) is 42.6 Å². The molecule has 2 aromatic rings. The van der Waals surface area contributed by atoms with Gasteiger partial charge in [-0.2, -0.15) is 0 Å². The standard InChI is InChI=1S/C28H39NO3/c1-3-5-7-22-8-10-23(11-9-22)12-15-25-16-19-27(21-29-25)32-28(30)24-13-17-26(18-14-24)31-20-6-4-2/h13-14,16-19,21-23H,3-12,15,20H2,1-2H3. The maximum atomic E-state index is 12.4. The summed E-state index contributed by atoms with van der Waals surface area (Å²) in [6, 6.07) is 10.9. The molecule has 4 nitrogen and oxygen atoms in total. The topological polar surface area (TPSA) is 48.4 Å². The molecule has 1 heterocycles. The van der Waals surface area contributed by atoms with Crippen LogP contribution < -0.4 is 9.47 Å². The molecule has 32 heavy (non-hydrogen) atoms. The average Bonchev–Trinajstić information content (AvgIpc) is 2.83. The van der Waals surface area contributed by atoms with Crippen molar-refractivity contribution in [3.8, 4) is 11.5 Å². The van der Waals surface area contributed by atoms with Crippen LogP contribution in [0.5, 0.6) is 11.5 Å². The van der Waals surface area contributed by atoms with Crippen LogP contribution in [-0.2, 0) is 6.42 Å². The average molecular weight is 438 g/mol. The Labute approximate surface area is 193 Å². The van der Waals surface area contributed by atoms with Crippen LogP contribution in [0.25, 0.3) is 0 Å². The van der Waals surface area contributed by atoms with Crippen LogP contribution in [0.4, 0.5) is 0 Å². The summed E-state index contributed by atoms with van der Waals surface area (Å²) in [6.45, 7) is 5.11. The number of rotatable bonds is 12. The van der Waals surface area contributed by atoms with E-state index in [4.69, 9.17) is 9.47 Å². The number of benzene rings is 1. The number of carbonyl (C=O) groups excluding carboxylic acids is 1. The summed E-state index contributed by atoms with van der Waals surface area (Å²) in [4.78, 5) is 16.9. The van der Waals surface area contributed by atoms with E-state index in [0.717, 1.165) is 42.5 Å². The summed E-state index contributed by atoms with van der Waals surface area (Å²) in [5.74, 6) is 2.68. The van der Waals surface area contributed by atoms with E-state index in [1.807, 2.05) is 24.3 Å².